The summed E-state index contributed by atoms with van der Waals surface area (Å²) < 4.78 is 7.31. The van der Waals surface area contributed by atoms with Gasteiger partial charge < -0.3 is 19.6 Å². The number of carbonyl (C=O) groups excluding carboxylic acids is 1. The van der Waals surface area contributed by atoms with Gasteiger partial charge in [0.15, 0.2) is 0 Å². The van der Waals surface area contributed by atoms with Crippen molar-refractivity contribution in [3.63, 3.8) is 0 Å². The van der Waals surface area contributed by atoms with Crippen molar-refractivity contribution in [2.45, 2.75) is 26.2 Å². The predicted molar refractivity (Wildman–Crippen MR) is 141 cm³/mol. The number of anilines is 1. The van der Waals surface area contributed by atoms with E-state index in [4.69, 9.17) is 4.42 Å². The van der Waals surface area contributed by atoms with E-state index in [0.717, 1.165) is 29.6 Å². The van der Waals surface area contributed by atoms with Crippen LogP contribution in [0.15, 0.2) is 63.0 Å². The molecule has 1 aliphatic heterocycles. The van der Waals surface area contributed by atoms with Crippen LogP contribution < -0.4 is 16.4 Å². The monoisotopic (exact) mass is 498 g/mol. The molecule has 1 amide bonds. The van der Waals surface area contributed by atoms with Crippen LogP contribution in [0.3, 0.4) is 0 Å². The predicted octanol–water partition coefficient (Wildman–Crippen LogP) is 3.55. The molecule has 0 unspecified atom stereocenters. The second-order valence-corrected chi connectivity index (χ2v) is 9.34. The van der Waals surface area contributed by atoms with E-state index >= 15 is 0 Å². The van der Waals surface area contributed by atoms with Crippen LogP contribution in [-0.2, 0) is 4.79 Å². The van der Waals surface area contributed by atoms with Crippen LogP contribution in [0, 0.1) is 6.92 Å². The molecule has 0 atom stereocenters. The number of imidazole rings is 2. The first-order chi connectivity index (χ1) is 18.0. The van der Waals surface area contributed by atoms with Gasteiger partial charge in [0.25, 0.3) is 0 Å². The summed E-state index contributed by atoms with van der Waals surface area (Å²) in [6.45, 7) is 3.84. The number of nitrogens with zero attached hydrogens (tertiary/aromatic N) is 3. The lowest BCUT2D eigenvalue weighted by Crippen LogP contribution is -2.27. The number of likely N-dealkylation sites (tertiary alicyclic amines) is 1. The molecule has 1 fully saturated rings. The highest BCUT2D eigenvalue weighted by atomic mass is 16.3. The molecule has 0 spiro atoms. The number of H-pyrrole nitrogens is 2. The molecule has 1 aliphatic rings. The first-order valence-electron chi connectivity index (χ1n) is 12.3. The third-order valence-electron chi connectivity index (χ3n) is 6.82. The SMILES string of the molecule is Cc1ccc2occ(-c3c(NCCCN4CCCC4=O)[nH]c(=O)n3-c3ccc4nc[nH]c4c3)c(=O)c2c1. The first-order valence-corrected chi connectivity index (χ1v) is 12.3. The number of aromatic amines is 2. The maximum absolute atomic E-state index is 13.7. The molecule has 6 rings (SSSR count). The molecule has 3 N–H and O–H groups in total. The molecule has 0 aliphatic carbocycles. The number of amides is 1. The maximum atomic E-state index is 13.7. The lowest BCUT2D eigenvalue weighted by Gasteiger charge is -2.16. The molecule has 0 saturated carbocycles. The summed E-state index contributed by atoms with van der Waals surface area (Å²) in [6, 6.07) is 10.9. The summed E-state index contributed by atoms with van der Waals surface area (Å²) in [4.78, 5) is 50.9. The summed E-state index contributed by atoms with van der Waals surface area (Å²) >= 11 is 0. The highest BCUT2D eigenvalue weighted by Crippen LogP contribution is 2.29. The number of rotatable bonds is 7. The van der Waals surface area contributed by atoms with Crippen molar-refractivity contribution in [1.29, 1.82) is 0 Å². The van der Waals surface area contributed by atoms with Gasteiger partial charge in [-0.15, -0.1) is 0 Å². The second-order valence-electron chi connectivity index (χ2n) is 9.34. The minimum Gasteiger partial charge on any atom is -0.463 e. The highest BCUT2D eigenvalue weighted by Gasteiger charge is 2.23. The van der Waals surface area contributed by atoms with E-state index in [0.29, 0.717) is 54.1 Å². The van der Waals surface area contributed by atoms with E-state index in [2.05, 4.69) is 20.3 Å². The summed E-state index contributed by atoms with van der Waals surface area (Å²) in [7, 11) is 0. The standard InChI is InChI=1S/C27H26N6O4/c1-16-5-8-22-18(12-16)25(35)19(14-37-22)24-26(28-9-3-11-32-10-2-4-23(32)34)31-27(36)33(24)17-6-7-20-21(13-17)30-15-29-20/h5-8,12-15,28H,2-4,9-11H2,1H3,(H,29,30)(H,31,36). The van der Waals surface area contributed by atoms with Crippen LogP contribution >= 0.6 is 0 Å². The largest absolute Gasteiger partial charge is 0.463 e. The number of hydrogen-bond acceptors (Lipinski definition) is 6. The number of aryl methyl sites for hydroxylation is 1. The third-order valence-corrected chi connectivity index (χ3v) is 6.82. The molecule has 10 heteroatoms. The van der Waals surface area contributed by atoms with Gasteiger partial charge in [-0.2, -0.15) is 0 Å². The molecule has 5 aromatic rings. The van der Waals surface area contributed by atoms with Crippen molar-refractivity contribution in [1.82, 2.24) is 24.4 Å². The van der Waals surface area contributed by atoms with Crippen molar-refractivity contribution < 1.29 is 9.21 Å². The summed E-state index contributed by atoms with van der Waals surface area (Å²) in [5.74, 6) is 0.597. The Morgan fingerprint density at radius 3 is 2.86 bits per heavy atom. The zero-order valence-corrected chi connectivity index (χ0v) is 20.3. The number of carbonyl (C=O) groups is 1. The van der Waals surface area contributed by atoms with Gasteiger partial charge in [0, 0.05) is 26.1 Å². The zero-order chi connectivity index (χ0) is 25.5. The van der Waals surface area contributed by atoms with E-state index < -0.39 is 5.69 Å². The van der Waals surface area contributed by atoms with Crippen LogP contribution in [-0.4, -0.2) is 50.0 Å². The Labute approximate surface area is 210 Å². The fraction of sp³-hybridized carbons (Fsp3) is 0.259. The van der Waals surface area contributed by atoms with Crippen LogP contribution in [0.2, 0.25) is 0 Å². The maximum Gasteiger partial charge on any atom is 0.332 e. The van der Waals surface area contributed by atoms with E-state index in [1.165, 1.54) is 10.8 Å². The Kier molecular flexibility index (Phi) is 5.63. The van der Waals surface area contributed by atoms with Gasteiger partial charge in [-0.3, -0.25) is 19.1 Å². The molecular formula is C27H26N6O4. The summed E-state index contributed by atoms with van der Waals surface area (Å²) in [5, 5.41) is 3.73. The molecule has 188 valence electrons. The quantitative estimate of drug-likeness (QED) is 0.294. The highest BCUT2D eigenvalue weighted by molar-refractivity contribution is 5.85. The number of hydrogen-bond donors (Lipinski definition) is 3. The van der Waals surface area contributed by atoms with Crippen LogP contribution in [0.1, 0.15) is 24.8 Å². The Morgan fingerprint density at radius 2 is 2.03 bits per heavy atom. The Bertz CT molecular complexity index is 1760. The lowest BCUT2D eigenvalue weighted by molar-refractivity contribution is -0.127. The fourth-order valence-electron chi connectivity index (χ4n) is 4.96. The molecule has 4 heterocycles. The van der Waals surface area contributed by atoms with E-state index in [1.54, 1.807) is 24.5 Å². The van der Waals surface area contributed by atoms with Gasteiger partial charge in [-0.1, -0.05) is 11.6 Å². The Morgan fingerprint density at radius 1 is 1.14 bits per heavy atom. The molecule has 3 aromatic heterocycles. The van der Waals surface area contributed by atoms with Crippen molar-refractivity contribution in [3.05, 3.63) is 75.3 Å². The summed E-state index contributed by atoms with van der Waals surface area (Å²) in [6.07, 6.45) is 5.19. The van der Waals surface area contributed by atoms with Crippen molar-refractivity contribution in [2.24, 2.45) is 0 Å². The smallest absolute Gasteiger partial charge is 0.332 e. The normalized spacial score (nSPS) is 13.8. The van der Waals surface area contributed by atoms with Gasteiger partial charge in [0.1, 0.15) is 23.4 Å². The van der Waals surface area contributed by atoms with Crippen LogP contribution in [0.5, 0.6) is 0 Å². The fourth-order valence-corrected chi connectivity index (χ4v) is 4.96. The molecule has 0 radical (unpaired) electrons. The van der Waals surface area contributed by atoms with Gasteiger partial charge in [0.05, 0.1) is 34.0 Å². The first kappa shape index (κ1) is 22.8. The number of benzene rings is 2. The minimum atomic E-state index is -0.394. The Hall–Kier alpha value is -4.60. The average Bonchev–Trinajstić information content (AvgIpc) is 3.60. The second kappa shape index (κ2) is 9.12. The van der Waals surface area contributed by atoms with Gasteiger partial charge in [-0.25, -0.2) is 9.78 Å². The number of fused-ring (bicyclic) bond motifs is 2. The molecular weight excluding hydrogens is 472 g/mol. The average molecular weight is 499 g/mol. The third kappa shape index (κ3) is 4.10. The molecule has 0 bridgehead atoms. The van der Waals surface area contributed by atoms with Crippen molar-refractivity contribution >= 4 is 33.7 Å². The Balaban J connectivity index is 1.44. The van der Waals surface area contributed by atoms with Crippen molar-refractivity contribution in [2.75, 3.05) is 25.0 Å². The van der Waals surface area contributed by atoms with Crippen LogP contribution in [0.4, 0.5) is 5.82 Å². The minimum absolute atomic E-state index is 0.179. The number of nitrogens with one attached hydrogen (secondary N) is 3. The molecule has 2 aromatic carbocycles. The zero-order valence-electron chi connectivity index (χ0n) is 20.3. The summed E-state index contributed by atoms with van der Waals surface area (Å²) in [5.41, 5.74) is 3.55. The van der Waals surface area contributed by atoms with Crippen molar-refractivity contribution in [3.8, 4) is 16.9 Å². The van der Waals surface area contributed by atoms with E-state index in [-0.39, 0.29) is 16.9 Å². The van der Waals surface area contributed by atoms with Gasteiger partial charge in [-0.05, 0) is 50.1 Å². The van der Waals surface area contributed by atoms with Crippen LogP contribution in [0.25, 0.3) is 38.9 Å². The molecule has 37 heavy (non-hydrogen) atoms. The molecule has 10 nitrogen and oxygen atoms in total. The molecule has 1 saturated heterocycles. The number of aromatic nitrogens is 4. The van der Waals surface area contributed by atoms with E-state index in [1.807, 2.05) is 30.0 Å². The lowest BCUT2D eigenvalue weighted by atomic mass is 10.1. The van der Waals surface area contributed by atoms with Gasteiger partial charge >= 0.3 is 5.69 Å². The topological polar surface area (TPSA) is 129 Å². The van der Waals surface area contributed by atoms with Gasteiger partial charge in [0.2, 0.25) is 11.3 Å². The van der Waals surface area contributed by atoms with E-state index in [9.17, 15) is 14.4 Å².